The molecule has 0 spiro atoms. The van der Waals surface area contributed by atoms with Gasteiger partial charge >= 0.3 is 0 Å². The number of aryl methyl sites for hydroxylation is 1. The topological polar surface area (TPSA) is 94.0 Å². The van der Waals surface area contributed by atoms with Crippen molar-refractivity contribution in [2.45, 2.75) is 13.5 Å². The van der Waals surface area contributed by atoms with Crippen LogP contribution in [0.25, 0.3) is 33.3 Å². The van der Waals surface area contributed by atoms with Crippen LogP contribution in [0.4, 0.5) is 0 Å². The van der Waals surface area contributed by atoms with Crippen LogP contribution in [0.5, 0.6) is 5.75 Å². The monoisotopic (exact) mass is 308 g/mol. The van der Waals surface area contributed by atoms with Gasteiger partial charge in [0.2, 0.25) is 11.3 Å². The molecule has 2 aromatic heterocycles. The molecular weight excluding hydrogens is 296 g/mol. The zero-order chi connectivity index (χ0) is 16.0. The average molecular weight is 308 g/mol. The molecule has 0 aliphatic heterocycles. The molecule has 0 aliphatic rings. The highest BCUT2D eigenvalue weighted by molar-refractivity contribution is 5.91. The summed E-state index contributed by atoms with van der Waals surface area (Å²) in [6.07, 6.45) is 0. The van der Waals surface area contributed by atoms with Crippen molar-refractivity contribution in [3.8, 4) is 17.1 Å². The van der Waals surface area contributed by atoms with E-state index in [0.29, 0.717) is 34.3 Å². The summed E-state index contributed by atoms with van der Waals surface area (Å²) in [5, 5.41) is 22.5. The first kappa shape index (κ1) is 13.4. The Morgan fingerprint density at radius 1 is 1.13 bits per heavy atom. The molecule has 114 valence electrons. The quantitative estimate of drug-likeness (QED) is 0.571. The third-order valence-electron chi connectivity index (χ3n) is 3.65. The van der Waals surface area contributed by atoms with E-state index in [1.54, 1.807) is 24.3 Å². The Bertz CT molecular complexity index is 1100. The summed E-state index contributed by atoms with van der Waals surface area (Å²) in [5.41, 5.74) is 1.40. The van der Waals surface area contributed by atoms with Crippen LogP contribution < -0.4 is 5.43 Å². The van der Waals surface area contributed by atoms with E-state index >= 15 is 0 Å². The number of tetrazole rings is 1. The molecule has 0 amide bonds. The fourth-order valence-electron chi connectivity index (χ4n) is 2.47. The molecule has 0 saturated carbocycles. The van der Waals surface area contributed by atoms with E-state index in [0.717, 1.165) is 5.56 Å². The van der Waals surface area contributed by atoms with Crippen LogP contribution in [0.2, 0.25) is 0 Å². The summed E-state index contributed by atoms with van der Waals surface area (Å²) < 4.78 is 5.78. The molecule has 7 heteroatoms. The van der Waals surface area contributed by atoms with Crippen LogP contribution in [0.15, 0.2) is 45.6 Å². The van der Waals surface area contributed by atoms with E-state index < -0.39 is 0 Å². The molecule has 0 saturated heterocycles. The van der Waals surface area contributed by atoms with Crippen LogP contribution in [0.1, 0.15) is 6.92 Å². The van der Waals surface area contributed by atoms with Gasteiger partial charge in [0.25, 0.3) is 0 Å². The molecule has 4 rings (SSSR count). The zero-order valence-electron chi connectivity index (χ0n) is 12.2. The van der Waals surface area contributed by atoms with Crippen LogP contribution in [0.3, 0.4) is 0 Å². The van der Waals surface area contributed by atoms with Crippen molar-refractivity contribution in [3.63, 3.8) is 0 Å². The van der Waals surface area contributed by atoms with E-state index in [1.807, 2.05) is 6.92 Å². The zero-order valence-corrected chi connectivity index (χ0v) is 12.2. The number of benzene rings is 2. The van der Waals surface area contributed by atoms with E-state index in [2.05, 4.69) is 15.4 Å². The van der Waals surface area contributed by atoms with Gasteiger partial charge in [0.05, 0.1) is 17.3 Å². The third-order valence-corrected chi connectivity index (χ3v) is 3.65. The first-order valence-electron chi connectivity index (χ1n) is 7.13. The Balaban J connectivity index is 1.96. The second-order valence-electron chi connectivity index (χ2n) is 5.12. The van der Waals surface area contributed by atoms with Gasteiger partial charge in [-0.15, -0.1) is 10.2 Å². The van der Waals surface area contributed by atoms with Crippen LogP contribution >= 0.6 is 0 Å². The van der Waals surface area contributed by atoms with Gasteiger partial charge in [-0.3, -0.25) is 4.79 Å². The molecule has 1 N–H and O–H groups in total. The third kappa shape index (κ3) is 2.13. The Labute approximate surface area is 129 Å². The minimum Gasteiger partial charge on any atom is -0.508 e. The summed E-state index contributed by atoms with van der Waals surface area (Å²) >= 11 is 0. The van der Waals surface area contributed by atoms with Gasteiger partial charge in [0.1, 0.15) is 16.9 Å². The van der Waals surface area contributed by atoms with Crippen LogP contribution in [0, 0.1) is 0 Å². The lowest BCUT2D eigenvalue weighted by Gasteiger charge is -2.03. The number of aromatic hydroxyl groups is 1. The Hall–Kier alpha value is -3.22. The molecule has 7 nitrogen and oxygen atoms in total. The molecule has 0 aliphatic carbocycles. The Morgan fingerprint density at radius 2 is 2.00 bits per heavy atom. The first-order chi connectivity index (χ1) is 11.2. The summed E-state index contributed by atoms with van der Waals surface area (Å²) in [4.78, 5) is 14.0. The van der Waals surface area contributed by atoms with E-state index in [-0.39, 0.29) is 11.2 Å². The molecular formula is C16H12N4O3. The maximum Gasteiger partial charge on any atom is 0.205 e. The summed E-state index contributed by atoms with van der Waals surface area (Å²) in [6.45, 7) is 2.55. The lowest BCUT2D eigenvalue weighted by atomic mass is 10.1. The lowest BCUT2D eigenvalue weighted by Crippen LogP contribution is -2.02. The normalized spacial score (nSPS) is 11.3. The van der Waals surface area contributed by atoms with Crippen LogP contribution in [-0.4, -0.2) is 25.3 Å². The number of nitrogens with zero attached hydrogens (tertiary/aromatic N) is 4. The molecule has 2 aromatic carbocycles. The fraction of sp³-hybridized carbons (Fsp3) is 0.125. The standard InChI is InChI=1S/C16H12N4O3/c1-2-20-18-16(17-19-20)9-3-5-11-14(7-9)23-13-6-4-10(21)8-12(13)15(11)22/h3-8,21H,2H2,1H3. The van der Waals surface area contributed by atoms with E-state index in [1.165, 1.54) is 16.9 Å². The van der Waals surface area contributed by atoms with Crippen molar-refractivity contribution >= 4 is 21.9 Å². The minimum atomic E-state index is -0.186. The maximum atomic E-state index is 12.5. The smallest absolute Gasteiger partial charge is 0.205 e. The highest BCUT2D eigenvalue weighted by Crippen LogP contribution is 2.25. The van der Waals surface area contributed by atoms with Crippen molar-refractivity contribution < 1.29 is 9.52 Å². The molecule has 0 radical (unpaired) electrons. The minimum absolute atomic E-state index is 0.0288. The van der Waals surface area contributed by atoms with Crippen molar-refractivity contribution in [1.29, 1.82) is 0 Å². The number of phenols is 1. The molecule has 0 bridgehead atoms. The first-order valence-corrected chi connectivity index (χ1v) is 7.13. The number of fused-ring (bicyclic) bond motifs is 2. The van der Waals surface area contributed by atoms with Crippen molar-refractivity contribution in [1.82, 2.24) is 20.2 Å². The van der Waals surface area contributed by atoms with Gasteiger partial charge in [-0.25, -0.2) is 0 Å². The molecule has 0 atom stereocenters. The van der Waals surface area contributed by atoms with E-state index in [9.17, 15) is 9.90 Å². The fourth-order valence-corrected chi connectivity index (χ4v) is 2.47. The SMILES string of the molecule is CCn1nnc(-c2ccc3c(=O)c4cc(O)ccc4oc3c2)n1. The number of phenolic OH excluding ortho intramolecular Hbond substituents is 1. The molecule has 4 aromatic rings. The number of hydrogen-bond acceptors (Lipinski definition) is 6. The summed E-state index contributed by atoms with van der Waals surface area (Å²) in [7, 11) is 0. The van der Waals surface area contributed by atoms with Gasteiger partial charge in [0.15, 0.2) is 0 Å². The predicted octanol–water partition coefficient (Wildman–Crippen LogP) is 2.33. The largest absolute Gasteiger partial charge is 0.508 e. The summed E-state index contributed by atoms with van der Waals surface area (Å²) in [6, 6.07) is 9.61. The van der Waals surface area contributed by atoms with Crippen molar-refractivity contribution in [2.24, 2.45) is 0 Å². The number of hydrogen-bond donors (Lipinski definition) is 1. The van der Waals surface area contributed by atoms with Crippen molar-refractivity contribution in [3.05, 3.63) is 46.6 Å². The van der Waals surface area contributed by atoms with Crippen molar-refractivity contribution in [2.75, 3.05) is 0 Å². The lowest BCUT2D eigenvalue weighted by molar-refractivity contribution is 0.475. The molecule has 0 fully saturated rings. The van der Waals surface area contributed by atoms with Gasteiger partial charge in [0, 0.05) is 5.56 Å². The second kappa shape index (κ2) is 4.91. The molecule has 23 heavy (non-hydrogen) atoms. The average Bonchev–Trinajstić information content (AvgIpc) is 3.04. The van der Waals surface area contributed by atoms with Gasteiger partial charge in [-0.2, -0.15) is 4.80 Å². The maximum absolute atomic E-state index is 12.5. The van der Waals surface area contributed by atoms with Gasteiger partial charge < -0.3 is 9.52 Å². The Kier molecular flexibility index (Phi) is 2.87. The van der Waals surface area contributed by atoms with Gasteiger partial charge in [-0.05, 0) is 42.5 Å². The van der Waals surface area contributed by atoms with E-state index in [4.69, 9.17) is 4.42 Å². The van der Waals surface area contributed by atoms with Crippen LogP contribution in [-0.2, 0) is 6.54 Å². The highest BCUT2D eigenvalue weighted by atomic mass is 16.3. The summed E-state index contributed by atoms with van der Waals surface area (Å²) in [5.74, 6) is 0.503. The number of rotatable bonds is 2. The Morgan fingerprint density at radius 3 is 2.78 bits per heavy atom. The molecule has 2 heterocycles. The number of aromatic nitrogens is 4. The highest BCUT2D eigenvalue weighted by Gasteiger charge is 2.11. The molecule has 0 unspecified atom stereocenters. The predicted molar refractivity (Wildman–Crippen MR) is 84.1 cm³/mol. The second-order valence-corrected chi connectivity index (χ2v) is 5.12. The van der Waals surface area contributed by atoms with Gasteiger partial charge in [-0.1, -0.05) is 6.07 Å².